The van der Waals surface area contributed by atoms with Crippen LogP contribution in [0.4, 0.5) is 0 Å². The number of likely N-dealkylation sites (N-methyl/N-ethyl adjacent to an activating group) is 1. The molecule has 0 amide bonds. The number of benzene rings is 1. The second-order valence-electron chi connectivity index (χ2n) is 4.90. The highest BCUT2D eigenvalue weighted by Gasteiger charge is 2.03. The minimum atomic E-state index is 0.669. The van der Waals surface area contributed by atoms with Crippen molar-refractivity contribution < 1.29 is 0 Å². The van der Waals surface area contributed by atoms with E-state index in [0.29, 0.717) is 6.54 Å². The number of aromatic nitrogens is 3. The van der Waals surface area contributed by atoms with Gasteiger partial charge in [0.15, 0.2) is 0 Å². The lowest BCUT2D eigenvalue weighted by molar-refractivity contribution is 0.379. The first-order valence-electron chi connectivity index (χ1n) is 6.83. The molecule has 0 saturated carbocycles. The first-order valence-corrected chi connectivity index (χ1v) is 6.83. The van der Waals surface area contributed by atoms with E-state index >= 15 is 0 Å². The Morgan fingerprint density at radius 1 is 1.25 bits per heavy atom. The maximum atomic E-state index is 5.27. The Morgan fingerprint density at radius 3 is 2.80 bits per heavy atom. The van der Waals surface area contributed by atoms with E-state index < -0.39 is 0 Å². The third kappa shape index (κ3) is 4.52. The molecule has 0 atom stereocenters. The highest BCUT2D eigenvalue weighted by molar-refractivity contribution is 5.14. The van der Waals surface area contributed by atoms with Crippen molar-refractivity contribution in [3.8, 4) is 12.3 Å². The van der Waals surface area contributed by atoms with Crippen LogP contribution in [0.1, 0.15) is 11.3 Å². The van der Waals surface area contributed by atoms with Gasteiger partial charge in [0.25, 0.3) is 0 Å². The first kappa shape index (κ1) is 14.3. The predicted octanol–water partition coefficient (Wildman–Crippen LogP) is 1.63. The normalized spacial score (nSPS) is 10.7. The summed E-state index contributed by atoms with van der Waals surface area (Å²) in [7, 11) is 2.01. The van der Waals surface area contributed by atoms with Crippen molar-refractivity contribution in [2.24, 2.45) is 0 Å². The van der Waals surface area contributed by atoms with E-state index in [1.165, 1.54) is 5.56 Å². The van der Waals surface area contributed by atoms with Crippen LogP contribution < -0.4 is 0 Å². The molecule has 0 radical (unpaired) electrons. The van der Waals surface area contributed by atoms with Gasteiger partial charge in [-0.05, 0) is 19.0 Å². The van der Waals surface area contributed by atoms with Crippen molar-refractivity contribution in [3.05, 3.63) is 47.8 Å². The maximum Gasteiger partial charge on any atom is 0.0839 e. The van der Waals surface area contributed by atoms with E-state index in [1.54, 1.807) is 0 Å². The summed E-state index contributed by atoms with van der Waals surface area (Å²) in [6.45, 7) is 2.43. The summed E-state index contributed by atoms with van der Waals surface area (Å²) in [6.07, 6.45) is 9.15. The Bertz CT molecular complexity index is 553. The molecule has 20 heavy (non-hydrogen) atoms. The average molecular weight is 268 g/mol. The molecule has 104 valence electrons. The van der Waals surface area contributed by atoms with Crippen LogP contribution >= 0.6 is 0 Å². The van der Waals surface area contributed by atoms with Crippen LogP contribution in [0.5, 0.6) is 0 Å². The smallest absolute Gasteiger partial charge is 0.0839 e. The van der Waals surface area contributed by atoms with E-state index in [1.807, 2.05) is 24.0 Å². The monoisotopic (exact) mass is 268 g/mol. The van der Waals surface area contributed by atoms with Crippen LogP contribution in [0.25, 0.3) is 0 Å². The number of aryl methyl sites for hydroxylation is 2. The molecule has 1 heterocycles. The van der Waals surface area contributed by atoms with E-state index in [-0.39, 0.29) is 0 Å². The van der Waals surface area contributed by atoms with Gasteiger partial charge in [0.05, 0.1) is 12.2 Å². The van der Waals surface area contributed by atoms with Crippen LogP contribution in [0.3, 0.4) is 0 Å². The van der Waals surface area contributed by atoms with Gasteiger partial charge in [0.1, 0.15) is 0 Å². The molecule has 0 aliphatic rings. The van der Waals surface area contributed by atoms with Gasteiger partial charge in [0.2, 0.25) is 0 Å². The number of hydrogen-bond donors (Lipinski definition) is 0. The number of nitrogens with zero attached hydrogens (tertiary/aromatic N) is 4. The van der Waals surface area contributed by atoms with Gasteiger partial charge in [-0.15, -0.1) is 11.5 Å². The summed E-state index contributed by atoms with van der Waals surface area (Å²) in [5, 5.41) is 8.36. The summed E-state index contributed by atoms with van der Waals surface area (Å²) < 4.78 is 1.91. The molecule has 0 fully saturated rings. The van der Waals surface area contributed by atoms with Gasteiger partial charge in [-0.1, -0.05) is 41.5 Å². The van der Waals surface area contributed by atoms with E-state index in [0.717, 1.165) is 31.6 Å². The molecule has 0 saturated heterocycles. The molecule has 4 nitrogen and oxygen atoms in total. The van der Waals surface area contributed by atoms with Crippen LogP contribution in [-0.2, 0) is 19.4 Å². The predicted molar refractivity (Wildman–Crippen MR) is 80.2 cm³/mol. The number of rotatable bonds is 7. The summed E-state index contributed by atoms with van der Waals surface area (Å²) >= 11 is 0. The highest BCUT2D eigenvalue weighted by Crippen LogP contribution is 2.02. The molecule has 0 spiro atoms. The van der Waals surface area contributed by atoms with E-state index in [4.69, 9.17) is 6.42 Å². The fourth-order valence-electron chi connectivity index (χ4n) is 1.99. The second-order valence-corrected chi connectivity index (χ2v) is 4.90. The van der Waals surface area contributed by atoms with Crippen molar-refractivity contribution in [2.75, 3.05) is 20.1 Å². The Morgan fingerprint density at radius 2 is 2.05 bits per heavy atom. The van der Waals surface area contributed by atoms with Crippen molar-refractivity contribution in [3.63, 3.8) is 0 Å². The van der Waals surface area contributed by atoms with Crippen LogP contribution in [0.2, 0.25) is 0 Å². The second kappa shape index (κ2) is 7.46. The van der Waals surface area contributed by atoms with Gasteiger partial charge in [0, 0.05) is 25.7 Å². The topological polar surface area (TPSA) is 34.0 Å². The SMILES string of the molecule is C#CCN(C)CCc1cn(CCc2ccccc2)nn1. The lowest BCUT2D eigenvalue weighted by Gasteiger charge is -2.10. The molecule has 0 bridgehead atoms. The maximum absolute atomic E-state index is 5.27. The van der Waals surface area contributed by atoms with Crippen LogP contribution in [-0.4, -0.2) is 40.0 Å². The zero-order chi connectivity index (χ0) is 14.2. The quantitative estimate of drug-likeness (QED) is 0.716. The zero-order valence-corrected chi connectivity index (χ0v) is 11.9. The Hall–Kier alpha value is -2.12. The van der Waals surface area contributed by atoms with Crippen LogP contribution in [0.15, 0.2) is 36.5 Å². The van der Waals surface area contributed by atoms with Gasteiger partial charge < -0.3 is 0 Å². The fourth-order valence-corrected chi connectivity index (χ4v) is 1.99. The minimum absolute atomic E-state index is 0.669. The molecule has 2 aromatic rings. The molecule has 1 aromatic carbocycles. The average Bonchev–Trinajstić information content (AvgIpc) is 2.92. The first-order chi connectivity index (χ1) is 9.78. The molecular weight excluding hydrogens is 248 g/mol. The van der Waals surface area contributed by atoms with Crippen LogP contribution in [0, 0.1) is 12.3 Å². The largest absolute Gasteiger partial charge is 0.295 e. The molecule has 4 heteroatoms. The van der Waals surface area contributed by atoms with E-state index in [9.17, 15) is 0 Å². The summed E-state index contributed by atoms with van der Waals surface area (Å²) in [6, 6.07) is 10.4. The number of terminal acetylenes is 1. The fraction of sp³-hybridized carbons (Fsp3) is 0.375. The minimum Gasteiger partial charge on any atom is -0.295 e. The van der Waals surface area contributed by atoms with Gasteiger partial charge in [-0.2, -0.15) is 0 Å². The summed E-state index contributed by atoms with van der Waals surface area (Å²) in [5.41, 5.74) is 2.33. The molecule has 0 unspecified atom stereocenters. The van der Waals surface area contributed by atoms with Crippen molar-refractivity contribution >= 4 is 0 Å². The highest BCUT2D eigenvalue weighted by atomic mass is 15.4. The summed E-state index contributed by atoms with van der Waals surface area (Å²) in [5.74, 6) is 2.63. The van der Waals surface area contributed by atoms with Gasteiger partial charge >= 0.3 is 0 Å². The lowest BCUT2D eigenvalue weighted by Crippen LogP contribution is -2.21. The van der Waals surface area contributed by atoms with E-state index in [2.05, 4.69) is 45.4 Å². The Labute approximate surface area is 120 Å². The molecule has 0 aliphatic carbocycles. The molecule has 0 N–H and O–H groups in total. The Kier molecular flexibility index (Phi) is 5.33. The number of hydrogen-bond acceptors (Lipinski definition) is 3. The molecular formula is C16H20N4. The third-order valence-corrected chi connectivity index (χ3v) is 3.17. The third-order valence-electron chi connectivity index (χ3n) is 3.17. The molecule has 0 aliphatic heterocycles. The lowest BCUT2D eigenvalue weighted by atomic mass is 10.1. The Balaban J connectivity index is 1.79. The van der Waals surface area contributed by atoms with Crippen molar-refractivity contribution in [2.45, 2.75) is 19.4 Å². The molecule has 2 rings (SSSR count). The standard InChI is InChI=1S/C16H20N4/c1-3-11-19(2)12-10-16-14-20(18-17-16)13-9-15-7-5-4-6-8-15/h1,4-8,14H,9-13H2,2H3. The van der Waals surface area contributed by atoms with Gasteiger partial charge in [-0.3, -0.25) is 9.58 Å². The van der Waals surface area contributed by atoms with Crippen molar-refractivity contribution in [1.29, 1.82) is 0 Å². The van der Waals surface area contributed by atoms with Gasteiger partial charge in [-0.25, -0.2) is 0 Å². The molecule has 1 aromatic heterocycles. The zero-order valence-electron chi connectivity index (χ0n) is 11.9. The summed E-state index contributed by atoms with van der Waals surface area (Å²) in [4.78, 5) is 2.10. The van der Waals surface area contributed by atoms with Crippen molar-refractivity contribution in [1.82, 2.24) is 19.9 Å².